The predicted octanol–water partition coefficient (Wildman–Crippen LogP) is 4.34. The Bertz CT molecular complexity index is 1080. The van der Waals surface area contributed by atoms with E-state index in [1.807, 2.05) is 31.3 Å². The van der Waals surface area contributed by atoms with Gasteiger partial charge >= 0.3 is 0 Å². The molecule has 136 valence electrons. The van der Waals surface area contributed by atoms with E-state index in [2.05, 4.69) is 58.8 Å². The standard InChI is InChI=1S/C21H22N6/c1-14-8-10-17(11-9-14)24-19-18-13-23-27(3)20(18)26-21(25-19)22-12-16-7-5-4-6-15(16)2/h4-11,13H,12H2,1-3H3,(H2,22,24,25,26). The summed E-state index contributed by atoms with van der Waals surface area (Å²) in [6.07, 6.45) is 1.79. The summed E-state index contributed by atoms with van der Waals surface area (Å²) in [7, 11) is 1.89. The van der Waals surface area contributed by atoms with Crippen LogP contribution >= 0.6 is 0 Å². The van der Waals surface area contributed by atoms with Crippen molar-refractivity contribution in [3.63, 3.8) is 0 Å². The highest BCUT2D eigenvalue weighted by Crippen LogP contribution is 2.25. The second kappa shape index (κ2) is 7.07. The lowest BCUT2D eigenvalue weighted by Crippen LogP contribution is -2.07. The van der Waals surface area contributed by atoms with Crippen molar-refractivity contribution in [2.24, 2.45) is 7.05 Å². The third kappa shape index (κ3) is 3.60. The maximum absolute atomic E-state index is 4.69. The molecule has 0 aliphatic carbocycles. The Hall–Kier alpha value is -3.41. The molecule has 2 heterocycles. The van der Waals surface area contributed by atoms with Crippen LogP contribution in [0.15, 0.2) is 54.7 Å². The molecule has 27 heavy (non-hydrogen) atoms. The number of aryl methyl sites for hydroxylation is 3. The normalized spacial score (nSPS) is 10.9. The van der Waals surface area contributed by atoms with Gasteiger partial charge in [-0.1, -0.05) is 42.0 Å². The average molecular weight is 358 g/mol. The minimum atomic E-state index is 0.573. The molecule has 0 atom stereocenters. The van der Waals surface area contributed by atoms with Gasteiger partial charge in [-0.25, -0.2) is 0 Å². The van der Waals surface area contributed by atoms with Gasteiger partial charge in [0.1, 0.15) is 5.82 Å². The van der Waals surface area contributed by atoms with Crippen molar-refractivity contribution < 1.29 is 0 Å². The first kappa shape index (κ1) is 17.0. The van der Waals surface area contributed by atoms with Crippen LogP contribution in [0.4, 0.5) is 17.5 Å². The molecule has 2 aromatic carbocycles. The first-order chi connectivity index (χ1) is 13.1. The minimum Gasteiger partial charge on any atom is -0.350 e. The molecule has 0 aliphatic rings. The van der Waals surface area contributed by atoms with Crippen molar-refractivity contribution in [1.29, 1.82) is 0 Å². The van der Waals surface area contributed by atoms with E-state index in [1.165, 1.54) is 16.7 Å². The molecule has 0 unspecified atom stereocenters. The maximum Gasteiger partial charge on any atom is 0.227 e. The number of rotatable bonds is 5. The first-order valence-corrected chi connectivity index (χ1v) is 8.92. The number of benzene rings is 2. The van der Waals surface area contributed by atoms with E-state index >= 15 is 0 Å². The van der Waals surface area contributed by atoms with Gasteiger partial charge in [0.05, 0.1) is 11.6 Å². The zero-order valence-electron chi connectivity index (χ0n) is 15.7. The molecule has 0 aliphatic heterocycles. The summed E-state index contributed by atoms with van der Waals surface area (Å²) >= 11 is 0. The predicted molar refractivity (Wildman–Crippen MR) is 109 cm³/mol. The second-order valence-corrected chi connectivity index (χ2v) is 6.67. The van der Waals surface area contributed by atoms with Gasteiger partial charge in [0.15, 0.2) is 5.65 Å². The fraction of sp³-hybridized carbons (Fsp3) is 0.190. The molecule has 0 saturated carbocycles. The summed E-state index contributed by atoms with van der Waals surface area (Å²) in [6.45, 7) is 4.84. The van der Waals surface area contributed by atoms with Crippen molar-refractivity contribution in [2.75, 3.05) is 10.6 Å². The van der Waals surface area contributed by atoms with Crippen LogP contribution in [-0.2, 0) is 13.6 Å². The Morgan fingerprint density at radius 2 is 1.74 bits per heavy atom. The van der Waals surface area contributed by atoms with Crippen LogP contribution in [0.5, 0.6) is 0 Å². The van der Waals surface area contributed by atoms with Gasteiger partial charge < -0.3 is 10.6 Å². The van der Waals surface area contributed by atoms with Gasteiger partial charge in [-0.2, -0.15) is 15.1 Å². The number of anilines is 3. The van der Waals surface area contributed by atoms with E-state index in [4.69, 9.17) is 4.98 Å². The van der Waals surface area contributed by atoms with E-state index in [9.17, 15) is 0 Å². The molecule has 2 aromatic heterocycles. The topological polar surface area (TPSA) is 67.7 Å². The summed E-state index contributed by atoms with van der Waals surface area (Å²) in [4.78, 5) is 9.32. The third-order valence-electron chi connectivity index (χ3n) is 4.60. The summed E-state index contributed by atoms with van der Waals surface area (Å²) in [6, 6.07) is 16.5. The molecule has 0 amide bonds. The molecular weight excluding hydrogens is 336 g/mol. The highest BCUT2D eigenvalue weighted by atomic mass is 15.3. The van der Waals surface area contributed by atoms with Crippen LogP contribution in [0.2, 0.25) is 0 Å². The molecule has 4 aromatic rings. The number of hydrogen-bond acceptors (Lipinski definition) is 5. The number of fused-ring (bicyclic) bond motifs is 1. The average Bonchev–Trinajstić information content (AvgIpc) is 3.04. The first-order valence-electron chi connectivity index (χ1n) is 8.92. The summed E-state index contributed by atoms with van der Waals surface area (Å²) in [5.41, 5.74) is 5.44. The van der Waals surface area contributed by atoms with E-state index in [1.54, 1.807) is 10.9 Å². The van der Waals surface area contributed by atoms with E-state index in [0.29, 0.717) is 12.5 Å². The van der Waals surface area contributed by atoms with Gasteiger partial charge in [-0.3, -0.25) is 4.68 Å². The number of aromatic nitrogens is 4. The van der Waals surface area contributed by atoms with Crippen LogP contribution in [0, 0.1) is 13.8 Å². The second-order valence-electron chi connectivity index (χ2n) is 6.67. The minimum absolute atomic E-state index is 0.573. The Morgan fingerprint density at radius 3 is 2.52 bits per heavy atom. The fourth-order valence-corrected chi connectivity index (χ4v) is 2.95. The fourth-order valence-electron chi connectivity index (χ4n) is 2.95. The smallest absolute Gasteiger partial charge is 0.227 e. The van der Waals surface area contributed by atoms with Crippen molar-refractivity contribution in [2.45, 2.75) is 20.4 Å². The Morgan fingerprint density at radius 1 is 0.963 bits per heavy atom. The van der Waals surface area contributed by atoms with Crippen LogP contribution in [0.3, 0.4) is 0 Å². The molecule has 6 heteroatoms. The number of nitrogens with one attached hydrogen (secondary N) is 2. The lowest BCUT2D eigenvalue weighted by Gasteiger charge is -2.11. The lowest BCUT2D eigenvalue weighted by molar-refractivity contribution is 0.785. The van der Waals surface area contributed by atoms with E-state index in [-0.39, 0.29) is 0 Å². The van der Waals surface area contributed by atoms with Gasteiger partial charge in [0, 0.05) is 19.3 Å². The van der Waals surface area contributed by atoms with E-state index in [0.717, 1.165) is 22.5 Å². The third-order valence-corrected chi connectivity index (χ3v) is 4.60. The zero-order chi connectivity index (χ0) is 18.8. The summed E-state index contributed by atoms with van der Waals surface area (Å²) < 4.78 is 1.76. The molecule has 6 nitrogen and oxygen atoms in total. The Kier molecular flexibility index (Phi) is 4.46. The van der Waals surface area contributed by atoms with Crippen molar-refractivity contribution in [1.82, 2.24) is 19.7 Å². The molecule has 0 radical (unpaired) electrons. The molecule has 4 rings (SSSR count). The molecular formula is C21H22N6. The summed E-state index contributed by atoms with van der Waals surface area (Å²) in [5.74, 6) is 1.31. The highest BCUT2D eigenvalue weighted by molar-refractivity contribution is 5.89. The molecule has 0 bridgehead atoms. The molecule has 0 spiro atoms. The van der Waals surface area contributed by atoms with Gasteiger partial charge in [0.2, 0.25) is 5.95 Å². The number of hydrogen-bond donors (Lipinski definition) is 2. The number of nitrogens with zero attached hydrogens (tertiary/aromatic N) is 4. The largest absolute Gasteiger partial charge is 0.350 e. The lowest BCUT2D eigenvalue weighted by atomic mass is 10.1. The van der Waals surface area contributed by atoms with Crippen LogP contribution in [0.1, 0.15) is 16.7 Å². The van der Waals surface area contributed by atoms with Crippen molar-refractivity contribution in [3.05, 3.63) is 71.4 Å². The van der Waals surface area contributed by atoms with Crippen molar-refractivity contribution in [3.8, 4) is 0 Å². The molecule has 2 N–H and O–H groups in total. The van der Waals surface area contributed by atoms with Crippen molar-refractivity contribution >= 4 is 28.5 Å². The summed E-state index contributed by atoms with van der Waals surface area (Å²) in [5, 5.41) is 12.0. The van der Waals surface area contributed by atoms with Crippen LogP contribution in [-0.4, -0.2) is 19.7 Å². The maximum atomic E-state index is 4.69. The molecule has 0 saturated heterocycles. The van der Waals surface area contributed by atoms with Gasteiger partial charge in [0.25, 0.3) is 0 Å². The zero-order valence-corrected chi connectivity index (χ0v) is 15.7. The monoisotopic (exact) mass is 358 g/mol. The molecule has 0 fully saturated rings. The quantitative estimate of drug-likeness (QED) is 0.556. The van der Waals surface area contributed by atoms with Gasteiger partial charge in [-0.05, 0) is 37.1 Å². The Labute approximate surface area is 158 Å². The van der Waals surface area contributed by atoms with Gasteiger partial charge in [-0.15, -0.1) is 0 Å². The van der Waals surface area contributed by atoms with Crippen LogP contribution in [0.25, 0.3) is 11.0 Å². The highest BCUT2D eigenvalue weighted by Gasteiger charge is 2.12. The Balaban J connectivity index is 1.66. The SMILES string of the molecule is Cc1ccc(Nc2nc(NCc3ccccc3C)nc3c2cnn3C)cc1. The van der Waals surface area contributed by atoms with Crippen LogP contribution < -0.4 is 10.6 Å². The van der Waals surface area contributed by atoms with E-state index < -0.39 is 0 Å².